The number of aryl methyl sites for hydroxylation is 2. The van der Waals surface area contributed by atoms with Crippen LogP contribution in [0.1, 0.15) is 92.3 Å². The molecule has 0 aliphatic heterocycles. The number of benzene rings is 2. The molecule has 3 heteroatoms. The molecule has 0 spiro atoms. The molecule has 3 nitrogen and oxygen atoms in total. The van der Waals surface area contributed by atoms with Crippen molar-refractivity contribution in [1.82, 2.24) is 0 Å². The van der Waals surface area contributed by atoms with Crippen molar-refractivity contribution in [3.63, 3.8) is 0 Å². The Kier molecular flexibility index (Phi) is 10.3. The van der Waals surface area contributed by atoms with E-state index in [4.69, 9.17) is 0 Å². The van der Waals surface area contributed by atoms with Gasteiger partial charge >= 0.3 is 0 Å². The molecule has 2 aromatic rings. The Morgan fingerprint density at radius 3 is 2.26 bits per heavy atom. The van der Waals surface area contributed by atoms with Crippen LogP contribution in [0.3, 0.4) is 0 Å². The van der Waals surface area contributed by atoms with Gasteiger partial charge in [-0.3, -0.25) is 9.59 Å². The summed E-state index contributed by atoms with van der Waals surface area (Å²) >= 11 is 0. The molecule has 39 heavy (non-hydrogen) atoms. The average molecular weight is 525 g/mol. The predicted octanol–water partition coefficient (Wildman–Crippen LogP) is 8.12. The summed E-state index contributed by atoms with van der Waals surface area (Å²) in [5, 5.41) is 9.23. The van der Waals surface area contributed by atoms with Gasteiger partial charge in [-0.15, -0.1) is 0 Å². The smallest absolute Gasteiger partial charge is 0.165 e. The number of carbonyl (C=O) groups is 2. The van der Waals surface area contributed by atoms with Gasteiger partial charge in [0.05, 0.1) is 0 Å². The fourth-order valence-electron chi connectivity index (χ4n) is 5.91. The Morgan fingerprint density at radius 1 is 0.872 bits per heavy atom. The average Bonchev–Trinajstić information content (AvgIpc) is 3.41. The van der Waals surface area contributed by atoms with Crippen LogP contribution in [0.2, 0.25) is 0 Å². The Morgan fingerprint density at radius 2 is 1.56 bits per heavy atom. The summed E-state index contributed by atoms with van der Waals surface area (Å²) in [5.74, 6) is 1.05. The van der Waals surface area contributed by atoms with E-state index in [9.17, 15) is 14.7 Å². The zero-order valence-electron chi connectivity index (χ0n) is 23.8. The number of carbonyl (C=O) groups excluding carboxylic acids is 2. The van der Waals surface area contributed by atoms with Crippen LogP contribution in [0.25, 0.3) is 5.57 Å². The Hall–Kier alpha value is -3.04. The summed E-state index contributed by atoms with van der Waals surface area (Å²) in [6.45, 7) is 8.36. The summed E-state index contributed by atoms with van der Waals surface area (Å²) < 4.78 is 0. The van der Waals surface area contributed by atoms with Crippen molar-refractivity contribution in [2.45, 2.75) is 78.1 Å². The molecule has 4 rings (SSSR count). The lowest BCUT2D eigenvalue weighted by Crippen LogP contribution is -2.25. The Balaban J connectivity index is 1.22. The molecule has 0 bridgehead atoms. The van der Waals surface area contributed by atoms with Gasteiger partial charge in [0.25, 0.3) is 0 Å². The maximum Gasteiger partial charge on any atom is 0.165 e. The first kappa shape index (κ1) is 29.0. The maximum absolute atomic E-state index is 13.1. The second kappa shape index (κ2) is 13.8. The molecule has 1 unspecified atom stereocenters. The van der Waals surface area contributed by atoms with E-state index in [-0.39, 0.29) is 30.0 Å². The normalized spacial score (nSPS) is 19.8. The van der Waals surface area contributed by atoms with Crippen molar-refractivity contribution in [3.05, 3.63) is 101 Å². The minimum atomic E-state index is 0.0550. The van der Waals surface area contributed by atoms with Gasteiger partial charge in [0, 0.05) is 24.0 Å². The van der Waals surface area contributed by atoms with Crippen molar-refractivity contribution < 1.29 is 14.7 Å². The van der Waals surface area contributed by atoms with Crippen LogP contribution in [0.4, 0.5) is 0 Å². The van der Waals surface area contributed by atoms with Crippen LogP contribution in [-0.2, 0) is 17.6 Å². The van der Waals surface area contributed by atoms with Crippen molar-refractivity contribution in [3.8, 4) is 0 Å². The first-order valence-electron chi connectivity index (χ1n) is 14.7. The van der Waals surface area contributed by atoms with Gasteiger partial charge < -0.3 is 5.11 Å². The Labute approximate surface area is 234 Å². The van der Waals surface area contributed by atoms with Crippen molar-refractivity contribution in [2.75, 3.05) is 6.61 Å². The molecule has 0 saturated heterocycles. The van der Waals surface area contributed by atoms with E-state index in [1.807, 2.05) is 12.1 Å². The molecule has 1 atom stereocenters. The standard InChI is InChI=1S/C36H44O3/c1-25(24-37)7-8-28-13-15-32(16-14-28)26(2)21-31-12-11-30(22-31)10-9-29-5-4-6-35(23-29)36(39)34-19-17-33(18-20-34)27(3)38/h4-6,11-16,23,25,33-34,37H,2,7-10,17-22,24H2,1,3H3. The number of rotatable bonds is 13. The number of hydrogen-bond donors (Lipinski definition) is 1. The fraction of sp³-hybridized carbons (Fsp3) is 0.444. The lowest BCUT2D eigenvalue weighted by Gasteiger charge is -2.26. The predicted molar refractivity (Wildman–Crippen MR) is 161 cm³/mol. The second-order valence-electron chi connectivity index (χ2n) is 11.9. The van der Waals surface area contributed by atoms with E-state index < -0.39 is 0 Å². The van der Waals surface area contributed by atoms with Crippen LogP contribution in [-0.4, -0.2) is 23.3 Å². The molecule has 0 amide bonds. The number of aliphatic hydroxyl groups is 1. The minimum absolute atomic E-state index is 0.0550. The molecule has 0 radical (unpaired) electrons. The first-order valence-corrected chi connectivity index (χ1v) is 14.7. The largest absolute Gasteiger partial charge is 0.396 e. The van der Waals surface area contributed by atoms with Gasteiger partial charge in [-0.05, 0) is 105 Å². The maximum atomic E-state index is 13.1. The van der Waals surface area contributed by atoms with Crippen LogP contribution < -0.4 is 0 Å². The molecule has 2 aromatic carbocycles. The lowest BCUT2D eigenvalue weighted by atomic mass is 9.77. The van der Waals surface area contributed by atoms with Gasteiger partial charge in [-0.1, -0.05) is 79.3 Å². The van der Waals surface area contributed by atoms with Gasteiger partial charge in [0.15, 0.2) is 5.78 Å². The van der Waals surface area contributed by atoms with Gasteiger partial charge in [-0.25, -0.2) is 0 Å². The molecule has 0 aromatic heterocycles. The molecular weight excluding hydrogens is 480 g/mol. The highest BCUT2D eigenvalue weighted by atomic mass is 16.3. The molecule has 2 aliphatic carbocycles. The summed E-state index contributed by atoms with van der Waals surface area (Å²) in [7, 11) is 0. The van der Waals surface area contributed by atoms with E-state index in [0.717, 1.165) is 75.3 Å². The summed E-state index contributed by atoms with van der Waals surface area (Å²) in [4.78, 5) is 24.8. The number of aliphatic hydroxyl groups excluding tert-OH is 1. The SMILES string of the molecule is C=C(CC1=CC=C(CCc2cccc(C(=O)C3CCC(C(C)=O)CC3)c2)C1)c1ccc(CCC(C)CO)cc1. The van der Waals surface area contributed by atoms with Crippen LogP contribution in [0.15, 0.2) is 78.4 Å². The molecule has 1 N–H and O–H groups in total. The number of ketones is 2. The topological polar surface area (TPSA) is 54.4 Å². The van der Waals surface area contributed by atoms with E-state index in [2.05, 4.69) is 62.1 Å². The molecule has 206 valence electrons. The second-order valence-corrected chi connectivity index (χ2v) is 11.9. The summed E-state index contributed by atoms with van der Waals surface area (Å²) in [5.41, 5.74) is 8.52. The quantitative estimate of drug-likeness (QED) is 0.269. The van der Waals surface area contributed by atoms with Crippen molar-refractivity contribution in [2.24, 2.45) is 17.8 Å². The zero-order chi connectivity index (χ0) is 27.8. The summed E-state index contributed by atoms with van der Waals surface area (Å²) in [6, 6.07) is 16.9. The van der Waals surface area contributed by atoms with E-state index in [1.165, 1.54) is 27.8 Å². The third kappa shape index (κ3) is 8.22. The van der Waals surface area contributed by atoms with Gasteiger partial charge in [0.2, 0.25) is 0 Å². The number of hydrogen-bond acceptors (Lipinski definition) is 3. The zero-order valence-corrected chi connectivity index (χ0v) is 23.8. The first-order chi connectivity index (χ1) is 18.8. The molecular formula is C36H44O3. The van der Waals surface area contributed by atoms with Gasteiger partial charge in [0.1, 0.15) is 5.78 Å². The highest BCUT2D eigenvalue weighted by Crippen LogP contribution is 2.33. The molecule has 1 fully saturated rings. The number of allylic oxidation sites excluding steroid dienone is 5. The minimum Gasteiger partial charge on any atom is -0.396 e. The number of Topliss-reactive ketones (excluding diaryl/α,β-unsaturated/α-hetero) is 2. The van der Waals surface area contributed by atoms with E-state index >= 15 is 0 Å². The van der Waals surface area contributed by atoms with Crippen LogP contribution in [0.5, 0.6) is 0 Å². The van der Waals surface area contributed by atoms with Crippen LogP contribution >= 0.6 is 0 Å². The van der Waals surface area contributed by atoms with E-state index in [1.54, 1.807) is 6.92 Å². The third-order valence-corrected chi connectivity index (χ3v) is 8.67. The van der Waals surface area contributed by atoms with Crippen molar-refractivity contribution >= 4 is 17.1 Å². The third-order valence-electron chi connectivity index (χ3n) is 8.67. The highest BCUT2D eigenvalue weighted by molar-refractivity contribution is 5.98. The highest BCUT2D eigenvalue weighted by Gasteiger charge is 2.28. The molecule has 1 saturated carbocycles. The fourth-order valence-corrected chi connectivity index (χ4v) is 5.91. The monoisotopic (exact) mass is 524 g/mol. The molecule has 0 heterocycles. The van der Waals surface area contributed by atoms with Crippen molar-refractivity contribution in [1.29, 1.82) is 0 Å². The lowest BCUT2D eigenvalue weighted by molar-refractivity contribution is -0.121. The van der Waals surface area contributed by atoms with Gasteiger partial charge in [-0.2, -0.15) is 0 Å². The summed E-state index contributed by atoms with van der Waals surface area (Å²) in [6.07, 6.45) is 13.7. The molecule has 2 aliphatic rings. The van der Waals surface area contributed by atoms with Crippen LogP contribution in [0, 0.1) is 17.8 Å². The van der Waals surface area contributed by atoms with E-state index in [0.29, 0.717) is 5.92 Å². The Bertz CT molecular complexity index is 1220.